The van der Waals surface area contributed by atoms with Gasteiger partial charge in [-0.3, -0.25) is 4.79 Å². The Labute approximate surface area is 160 Å². The number of benzene rings is 2. The number of carbonyl (C=O) groups is 1. The summed E-state index contributed by atoms with van der Waals surface area (Å²) in [5, 5.41) is 11.5. The third-order valence-electron chi connectivity index (χ3n) is 4.30. The quantitative estimate of drug-likeness (QED) is 0.576. The summed E-state index contributed by atoms with van der Waals surface area (Å²) in [5.74, 6) is -0.256. The van der Waals surface area contributed by atoms with Crippen molar-refractivity contribution < 1.29 is 4.79 Å². The van der Waals surface area contributed by atoms with Gasteiger partial charge in [-0.15, -0.1) is 5.10 Å². The van der Waals surface area contributed by atoms with Crippen molar-refractivity contribution in [1.82, 2.24) is 20.0 Å². The van der Waals surface area contributed by atoms with E-state index in [2.05, 4.69) is 20.6 Å². The summed E-state index contributed by atoms with van der Waals surface area (Å²) in [4.78, 5) is 17.0. The van der Waals surface area contributed by atoms with Crippen molar-refractivity contribution in [3.05, 3.63) is 76.9 Å². The van der Waals surface area contributed by atoms with Gasteiger partial charge in [0.2, 0.25) is 0 Å². The molecule has 4 rings (SSSR count). The first-order chi connectivity index (χ1) is 13.2. The number of fused-ring (bicyclic) bond motifs is 1. The monoisotopic (exact) mass is 377 g/mol. The van der Waals surface area contributed by atoms with Crippen molar-refractivity contribution in [1.29, 1.82) is 0 Å². The van der Waals surface area contributed by atoms with Crippen LogP contribution in [0.1, 0.15) is 22.8 Å². The van der Waals surface area contributed by atoms with Gasteiger partial charge in [-0.2, -0.15) is 4.68 Å². The molecule has 1 N–H and O–H groups in total. The van der Waals surface area contributed by atoms with Crippen molar-refractivity contribution in [2.24, 2.45) is 0 Å². The van der Waals surface area contributed by atoms with Crippen LogP contribution in [0.3, 0.4) is 0 Å². The van der Waals surface area contributed by atoms with Gasteiger partial charge in [0.25, 0.3) is 5.91 Å². The zero-order valence-electron chi connectivity index (χ0n) is 14.6. The Kier molecular flexibility index (Phi) is 4.56. The number of aromatic nitrogens is 4. The summed E-state index contributed by atoms with van der Waals surface area (Å²) in [6.45, 7) is 2.04. The molecule has 134 valence electrons. The molecule has 1 amide bonds. The number of rotatable bonds is 4. The lowest BCUT2D eigenvalue weighted by atomic mass is 10.1. The van der Waals surface area contributed by atoms with Crippen LogP contribution in [-0.2, 0) is 6.42 Å². The molecule has 2 heterocycles. The third-order valence-corrected chi connectivity index (χ3v) is 4.61. The summed E-state index contributed by atoms with van der Waals surface area (Å²) >= 11 is 6.39. The standard InChI is InChI=1S/C20H16ClN5O/c1-2-13-6-3-4-7-17(13)23-20(27)15-10-9-14(12-16(15)21)26-19-18(24-25-26)8-5-11-22-19/h3-12H,2H2,1H3,(H,23,27). The third kappa shape index (κ3) is 3.27. The summed E-state index contributed by atoms with van der Waals surface area (Å²) in [7, 11) is 0. The number of carbonyl (C=O) groups excluding carboxylic acids is 1. The predicted molar refractivity (Wildman–Crippen MR) is 105 cm³/mol. The van der Waals surface area contributed by atoms with Gasteiger partial charge in [0.05, 0.1) is 16.3 Å². The molecular formula is C20H16ClN5O. The van der Waals surface area contributed by atoms with Crippen LogP contribution in [0, 0.1) is 0 Å². The SMILES string of the molecule is CCc1ccccc1NC(=O)c1ccc(-n2nnc3cccnc32)cc1Cl. The smallest absolute Gasteiger partial charge is 0.257 e. The van der Waals surface area contributed by atoms with E-state index in [1.165, 1.54) is 0 Å². The van der Waals surface area contributed by atoms with Gasteiger partial charge < -0.3 is 5.32 Å². The predicted octanol–water partition coefficient (Wildman–Crippen LogP) is 4.28. The number of amides is 1. The lowest BCUT2D eigenvalue weighted by molar-refractivity contribution is 0.102. The van der Waals surface area contributed by atoms with E-state index in [0.717, 1.165) is 17.7 Å². The number of hydrogen-bond donors (Lipinski definition) is 1. The number of nitrogens with one attached hydrogen (secondary N) is 1. The summed E-state index contributed by atoms with van der Waals surface area (Å²) in [6, 6.07) is 16.5. The molecule has 4 aromatic rings. The highest BCUT2D eigenvalue weighted by Gasteiger charge is 2.15. The van der Waals surface area contributed by atoms with E-state index >= 15 is 0 Å². The minimum atomic E-state index is -0.256. The average Bonchev–Trinajstić information content (AvgIpc) is 3.12. The molecule has 0 radical (unpaired) electrons. The lowest BCUT2D eigenvalue weighted by Crippen LogP contribution is -2.14. The van der Waals surface area contributed by atoms with E-state index in [1.54, 1.807) is 35.1 Å². The minimum absolute atomic E-state index is 0.256. The van der Waals surface area contributed by atoms with Crippen LogP contribution in [0.25, 0.3) is 16.9 Å². The van der Waals surface area contributed by atoms with E-state index in [-0.39, 0.29) is 5.91 Å². The fourth-order valence-corrected chi connectivity index (χ4v) is 3.16. The van der Waals surface area contributed by atoms with Gasteiger partial charge in [-0.05, 0) is 48.4 Å². The van der Waals surface area contributed by atoms with E-state index in [4.69, 9.17) is 11.6 Å². The summed E-state index contributed by atoms with van der Waals surface area (Å²) in [6.07, 6.45) is 2.51. The van der Waals surface area contributed by atoms with Gasteiger partial charge in [0.15, 0.2) is 5.65 Å². The molecule has 0 bridgehead atoms. The number of pyridine rings is 1. The number of aryl methyl sites for hydroxylation is 1. The number of nitrogens with zero attached hydrogens (tertiary/aromatic N) is 4. The molecule has 0 unspecified atom stereocenters. The largest absolute Gasteiger partial charge is 0.322 e. The number of para-hydroxylation sites is 1. The van der Waals surface area contributed by atoms with Gasteiger partial charge >= 0.3 is 0 Å². The number of anilines is 1. The van der Waals surface area contributed by atoms with Crippen molar-refractivity contribution in [3.63, 3.8) is 0 Å². The van der Waals surface area contributed by atoms with Gasteiger partial charge in [0, 0.05) is 11.9 Å². The topological polar surface area (TPSA) is 72.7 Å². The Morgan fingerprint density at radius 3 is 2.81 bits per heavy atom. The fourth-order valence-electron chi connectivity index (χ4n) is 2.90. The molecule has 0 fully saturated rings. The molecule has 0 spiro atoms. The highest BCUT2D eigenvalue weighted by atomic mass is 35.5. The maximum Gasteiger partial charge on any atom is 0.257 e. The van der Waals surface area contributed by atoms with E-state index in [9.17, 15) is 4.79 Å². The zero-order chi connectivity index (χ0) is 18.8. The first-order valence-electron chi connectivity index (χ1n) is 8.53. The summed E-state index contributed by atoms with van der Waals surface area (Å²) < 4.78 is 1.59. The normalized spacial score (nSPS) is 10.9. The van der Waals surface area contributed by atoms with E-state index < -0.39 is 0 Å². The lowest BCUT2D eigenvalue weighted by Gasteiger charge is -2.11. The first-order valence-corrected chi connectivity index (χ1v) is 8.91. The molecule has 0 aliphatic carbocycles. The molecule has 7 heteroatoms. The van der Waals surface area contributed by atoms with Crippen LogP contribution >= 0.6 is 11.6 Å². The van der Waals surface area contributed by atoms with Crippen LogP contribution in [0.4, 0.5) is 5.69 Å². The molecule has 6 nitrogen and oxygen atoms in total. The van der Waals surface area contributed by atoms with Gasteiger partial charge in [-0.25, -0.2) is 4.98 Å². The maximum atomic E-state index is 12.7. The second-order valence-electron chi connectivity index (χ2n) is 5.98. The average molecular weight is 378 g/mol. The van der Waals surface area contributed by atoms with Crippen molar-refractivity contribution in [2.45, 2.75) is 13.3 Å². The Morgan fingerprint density at radius 2 is 2.00 bits per heavy atom. The van der Waals surface area contributed by atoms with Crippen molar-refractivity contribution in [3.8, 4) is 5.69 Å². The van der Waals surface area contributed by atoms with Crippen molar-refractivity contribution in [2.75, 3.05) is 5.32 Å². The van der Waals surface area contributed by atoms with Crippen LogP contribution in [0.2, 0.25) is 5.02 Å². The molecule has 2 aromatic heterocycles. The van der Waals surface area contributed by atoms with Crippen LogP contribution in [0.5, 0.6) is 0 Å². The molecule has 0 atom stereocenters. The molecule has 2 aromatic carbocycles. The molecule has 0 saturated heterocycles. The van der Waals surface area contributed by atoms with Crippen molar-refractivity contribution >= 4 is 34.4 Å². The van der Waals surface area contributed by atoms with Crippen LogP contribution < -0.4 is 5.32 Å². The Morgan fingerprint density at radius 1 is 1.15 bits per heavy atom. The number of halogens is 1. The minimum Gasteiger partial charge on any atom is -0.322 e. The second-order valence-corrected chi connectivity index (χ2v) is 6.38. The maximum absolute atomic E-state index is 12.7. The zero-order valence-corrected chi connectivity index (χ0v) is 15.3. The highest BCUT2D eigenvalue weighted by molar-refractivity contribution is 6.34. The highest BCUT2D eigenvalue weighted by Crippen LogP contribution is 2.24. The van der Waals surface area contributed by atoms with Gasteiger partial charge in [0.1, 0.15) is 5.52 Å². The molecule has 0 aliphatic rings. The van der Waals surface area contributed by atoms with E-state index in [1.807, 2.05) is 37.3 Å². The van der Waals surface area contributed by atoms with Crippen LogP contribution in [-0.4, -0.2) is 25.9 Å². The fraction of sp³-hybridized carbons (Fsp3) is 0.100. The molecule has 0 saturated carbocycles. The first kappa shape index (κ1) is 17.2. The molecular weight excluding hydrogens is 362 g/mol. The Balaban J connectivity index is 1.65. The molecule has 27 heavy (non-hydrogen) atoms. The Hall–Kier alpha value is -3.25. The van der Waals surface area contributed by atoms with E-state index in [0.29, 0.717) is 27.4 Å². The molecule has 0 aliphatic heterocycles. The second kappa shape index (κ2) is 7.17. The summed E-state index contributed by atoms with van der Waals surface area (Å²) in [5.41, 5.74) is 4.25. The number of hydrogen-bond acceptors (Lipinski definition) is 4. The van der Waals surface area contributed by atoms with Crippen LogP contribution in [0.15, 0.2) is 60.8 Å². The Bertz CT molecular complexity index is 1140. The van der Waals surface area contributed by atoms with Gasteiger partial charge in [-0.1, -0.05) is 41.9 Å².